The highest BCUT2D eigenvalue weighted by molar-refractivity contribution is 5.96. The number of ether oxygens (including phenoxy) is 1. The van der Waals surface area contributed by atoms with E-state index in [-0.39, 0.29) is 18.0 Å². The molecule has 0 unspecified atom stereocenters. The number of carbonyl (C=O) groups is 1. The molecule has 1 aliphatic heterocycles. The molecule has 2 N–H and O–H groups in total. The van der Waals surface area contributed by atoms with Crippen LogP contribution < -0.4 is 5.73 Å². The van der Waals surface area contributed by atoms with Crippen LogP contribution in [0.2, 0.25) is 0 Å². The van der Waals surface area contributed by atoms with Crippen LogP contribution in [0.5, 0.6) is 0 Å². The molecule has 0 atom stereocenters. The average molecular weight is 276 g/mol. The molecule has 0 bridgehead atoms. The summed E-state index contributed by atoms with van der Waals surface area (Å²) < 4.78 is 18.7. The van der Waals surface area contributed by atoms with Gasteiger partial charge in [-0.2, -0.15) is 0 Å². The van der Waals surface area contributed by atoms with Gasteiger partial charge in [0.05, 0.1) is 18.7 Å². The van der Waals surface area contributed by atoms with E-state index in [0.717, 1.165) is 6.42 Å². The van der Waals surface area contributed by atoms with Crippen LogP contribution in [0.3, 0.4) is 0 Å². The van der Waals surface area contributed by atoms with Crippen molar-refractivity contribution in [1.82, 2.24) is 4.90 Å². The highest BCUT2D eigenvalue weighted by Gasteiger charge is 2.20. The van der Waals surface area contributed by atoms with Gasteiger partial charge < -0.3 is 15.4 Å². The molecule has 0 aliphatic carbocycles. The van der Waals surface area contributed by atoms with Gasteiger partial charge >= 0.3 is 0 Å². The van der Waals surface area contributed by atoms with Crippen LogP contribution in [0.1, 0.15) is 22.3 Å². The molecule has 20 heavy (non-hydrogen) atoms. The van der Waals surface area contributed by atoms with Gasteiger partial charge in [-0.1, -0.05) is 11.8 Å². The highest BCUT2D eigenvalue weighted by Crippen LogP contribution is 2.14. The van der Waals surface area contributed by atoms with Crippen LogP contribution in [-0.4, -0.2) is 43.7 Å². The van der Waals surface area contributed by atoms with Crippen LogP contribution >= 0.6 is 0 Å². The Morgan fingerprint density at radius 3 is 3.05 bits per heavy atom. The largest absolute Gasteiger partial charge is 0.380 e. The first-order valence-electron chi connectivity index (χ1n) is 6.58. The number of carbonyl (C=O) groups excluding carboxylic acids is 1. The van der Waals surface area contributed by atoms with Crippen molar-refractivity contribution in [2.75, 3.05) is 32.8 Å². The van der Waals surface area contributed by atoms with Gasteiger partial charge in [0.15, 0.2) is 0 Å². The molecule has 1 aromatic carbocycles. The van der Waals surface area contributed by atoms with Crippen LogP contribution in [0.25, 0.3) is 0 Å². The fraction of sp³-hybridized carbons (Fsp3) is 0.400. The number of nitrogens with zero attached hydrogens (tertiary/aromatic N) is 1. The molecule has 2 rings (SSSR count). The van der Waals surface area contributed by atoms with Crippen molar-refractivity contribution < 1.29 is 13.9 Å². The van der Waals surface area contributed by atoms with Crippen molar-refractivity contribution in [2.24, 2.45) is 5.73 Å². The Bertz CT molecular complexity index is 541. The molecule has 1 aromatic rings. The summed E-state index contributed by atoms with van der Waals surface area (Å²) in [6.45, 7) is 2.47. The van der Waals surface area contributed by atoms with E-state index in [2.05, 4.69) is 11.8 Å². The van der Waals surface area contributed by atoms with E-state index in [0.29, 0.717) is 31.9 Å². The quantitative estimate of drug-likeness (QED) is 0.779. The maximum Gasteiger partial charge on any atom is 0.255 e. The molecule has 0 saturated carbocycles. The summed E-state index contributed by atoms with van der Waals surface area (Å²) in [4.78, 5) is 14.2. The molecular formula is C15H17FN2O2. The summed E-state index contributed by atoms with van der Waals surface area (Å²) in [5.74, 6) is 4.85. The molecular weight excluding hydrogens is 259 g/mol. The minimum Gasteiger partial charge on any atom is -0.380 e. The first-order valence-corrected chi connectivity index (χ1v) is 6.58. The summed E-state index contributed by atoms with van der Waals surface area (Å²) in [7, 11) is 0. The van der Waals surface area contributed by atoms with E-state index in [9.17, 15) is 9.18 Å². The molecule has 0 radical (unpaired) electrons. The smallest absolute Gasteiger partial charge is 0.255 e. The van der Waals surface area contributed by atoms with E-state index >= 15 is 0 Å². The van der Waals surface area contributed by atoms with Crippen molar-refractivity contribution in [3.63, 3.8) is 0 Å². The van der Waals surface area contributed by atoms with Gasteiger partial charge in [0.25, 0.3) is 5.91 Å². The summed E-state index contributed by atoms with van der Waals surface area (Å²) in [5, 5.41) is 0. The maximum absolute atomic E-state index is 13.4. The van der Waals surface area contributed by atoms with Crippen molar-refractivity contribution in [3.8, 4) is 11.8 Å². The third-order valence-corrected chi connectivity index (χ3v) is 3.05. The number of hydrogen-bond donors (Lipinski definition) is 1. The minimum absolute atomic E-state index is 0.197. The maximum atomic E-state index is 13.4. The second-order valence-corrected chi connectivity index (χ2v) is 4.45. The predicted octanol–water partition coefficient (Wildman–Crippen LogP) is 0.998. The zero-order valence-electron chi connectivity index (χ0n) is 11.2. The normalized spacial score (nSPS) is 15.2. The van der Waals surface area contributed by atoms with Gasteiger partial charge in [-0.25, -0.2) is 4.39 Å². The van der Waals surface area contributed by atoms with Crippen LogP contribution in [0.4, 0.5) is 4.39 Å². The number of halogens is 1. The molecule has 106 valence electrons. The fourth-order valence-electron chi connectivity index (χ4n) is 2.07. The second-order valence-electron chi connectivity index (χ2n) is 4.45. The van der Waals surface area contributed by atoms with Gasteiger partial charge in [-0.15, -0.1) is 0 Å². The zero-order chi connectivity index (χ0) is 14.4. The Morgan fingerprint density at radius 1 is 1.40 bits per heavy atom. The first kappa shape index (κ1) is 14.5. The third-order valence-electron chi connectivity index (χ3n) is 3.05. The molecule has 0 aromatic heterocycles. The van der Waals surface area contributed by atoms with Crippen molar-refractivity contribution >= 4 is 5.91 Å². The van der Waals surface area contributed by atoms with Gasteiger partial charge in [0.2, 0.25) is 0 Å². The van der Waals surface area contributed by atoms with E-state index in [1.807, 2.05) is 0 Å². The zero-order valence-corrected chi connectivity index (χ0v) is 11.2. The monoisotopic (exact) mass is 276 g/mol. The molecule has 4 nitrogen and oxygen atoms in total. The van der Waals surface area contributed by atoms with E-state index in [1.165, 1.54) is 18.2 Å². The van der Waals surface area contributed by atoms with Gasteiger partial charge in [0.1, 0.15) is 5.82 Å². The second kappa shape index (κ2) is 7.04. The van der Waals surface area contributed by atoms with Gasteiger partial charge in [0, 0.05) is 25.3 Å². The molecule has 1 fully saturated rings. The summed E-state index contributed by atoms with van der Waals surface area (Å²) in [5.41, 5.74) is 6.13. The Balaban J connectivity index is 2.29. The van der Waals surface area contributed by atoms with Crippen molar-refractivity contribution in [2.45, 2.75) is 6.42 Å². The average Bonchev–Trinajstić information content (AvgIpc) is 2.74. The lowest BCUT2D eigenvalue weighted by Crippen LogP contribution is -2.33. The Kier molecular flexibility index (Phi) is 5.10. The lowest BCUT2D eigenvalue weighted by atomic mass is 10.1. The van der Waals surface area contributed by atoms with Crippen molar-refractivity contribution in [1.29, 1.82) is 0 Å². The van der Waals surface area contributed by atoms with Crippen LogP contribution in [-0.2, 0) is 4.74 Å². The predicted molar refractivity (Wildman–Crippen MR) is 73.7 cm³/mol. The number of nitrogens with two attached hydrogens (primary N) is 1. The number of hydrogen-bond acceptors (Lipinski definition) is 3. The highest BCUT2D eigenvalue weighted by atomic mass is 19.1. The Hall–Kier alpha value is -1.90. The molecule has 0 spiro atoms. The molecule has 1 saturated heterocycles. The van der Waals surface area contributed by atoms with E-state index < -0.39 is 5.82 Å². The molecule has 5 heteroatoms. The Morgan fingerprint density at radius 2 is 2.25 bits per heavy atom. The van der Waals surface area contributed by atoms with Gasteiger partial charge in [-0.05, 0) is 24.6 Å². The van der Waals surface area contributed by atoms with E-state index in [1.54, 1.807) is 4.90 Å². The lowest BCUT2D eigenvalue weighted by molar-refractivity contribution is 0.0740. The standard InChI is InChI=1S/C15H17FN2O2/c16-13-5-4-12(3-1-6-17)14(11-13)15(19)18-7-2-9-20-10-8-18/h4-5,11H,2,6-10,17H2. The molecule has 1 amide bonds. The third kappa shape index (κ3) is 3.56. The summed E-state index contributed by atoms with van der Waals surface area (Å²) in [6, 6.07) is 4.04. The number of benzene rings is 1. The van der Waals surface area contributed by atoms with Gasteiger partial charge in [-0.3, -0.25) is 4.79 Å². The summed E-state index contributed by atoms with van der Waals surface area (Å²) >= 11 is 0. The lowest BCUT2D eigenvalue weighted by Gasteiger charge is -2.20. The number of rotatable bonds is 1. The topological polar surface area (TPSA) is 55.6 Å². The Labute approximate surface area is 117 Å². The SMILES string of the molecule is NCC#Cc1ccc(F)cc1C(=O)N1CCCOCC1. The summed E-state index contributed by atoms with van der Waals surface area (Å²) in [6.07, 6.45) is 0.783. The minimum atomic E-state index is -0.447. The molecule has 1 heterocycles. The molecule has 1 aliphatic rings. The van der Waals surface area contributed by atoms with Crippen molar-refractivity contribution in [3.05, 3.63) is 35.1 Å². The van der Waals surface area contributed by atoms with Crippen LogP contribution in [0.15, 0.2) is 18.2 Å². The fourth-order valence-corrected chi connectivity index (χ4v) is 2.07. The van der Waals surface area contributed by atoms with Crippen LogP contribution in [0, 0.1) is 17.7 Å². The first-order chi connectivity index (χ1) is 9.72. The van der Waals surface area contributed by atoms with E-state index in [4.69, 9.17) is 10.5 Å². The number of amides is 1.